The molecule has 4 unspecified atom stereocenters. The molecule has 9 heteroatoms. The number of aliphatic hydroxyl groups is 2. The maximum atomic E-state index is 11.1. The summed E-state index contributed by atoms with van der Waals surface area (Å²) >= 11 is 0. The van der Waals surface area contributed by atoms with Crippen LogP contribution in [-0.2, 0) is 4.79 Å². The Bertz CT molecular complexity index is 471. The van der Waals surface area contributed by atoms with E-state index in [9.17, 15) is 35.2 Å². The van der Waals surface area contributed by atoms with Gasteiger partial charge >= 0.3 is 0 Å². The molecule has 0 saturated carbocycles. The molecular formula is C18H31N2O7. The summed E-state index contributed by atoms with van der Waals surface area (Å²) in [6, 6.07) is -2.35. The van der Waals surface area contributed by atoms with E-state index in [1.54, 1.807) is 6.29 Å². The van der Waals surface area contributed by atoms with Crippen molar-refractivity contribution in [1.82, 2.24) is 0 Å². The monoisotopic (exact) mass is 387 g/mol. The number of rotatable bonds is 17. The van der Waals surface area contributed by atoms with Crippen LogP contribution >= 0.6 is 0 Å². The molecule has 0 bridgehead atoms. The van der Waals surface area contributed by atoms with E-state index in [-0.39, 0.29) is 25.7 Å². The lowest BCUT2D eigenvalue weighted by Crippen LogP contribution is -2.34. The number of nitro groups is 2. The zero-order chi connectivity index (χ0) is 20.7. The average molecular weight is 387 g/mol. The maximum Gasteiger partial charge on any atom is 0.241 e. The molecule has 0 saturated heterocycles. The van der Waals surface area contributed by atoms with Crippen molar-refractivity contribution in [2.45, 2.75) is 95.4 Å². The summed E-state index contributed by atoms with van der Waals surface area (Å²) in [5, 5.41) is 42.2. The Kier molecular flexibility index (Phi) is 14.2. The third kappa shape index (κ3) is 11.4. The molecule has 0 aliphatic carbocycles. The van der Waals surface area contributed by atoms with Gasteiger partial charge in [-0.05, 0) is 19.3 Å². The quantitative estimate of drug-likeness (QED) is 0.169. The Hall–Kier alpha value is -1.87. The Morgan fingerprint density at radius 2 is 1.33 bits per heavy atom. The number of nitrogens with zero attached hydrogens (tertiary/aromatic N) is 2. The van der Waals surface area contributed by atoms with E-state index in [1.165, 1.54) is 12.2 Å². The van der Waals surface area contributed by atoms with Gasteiger partial charge in [-0.25, -0.2) is 0 Å². The standard InChI is InChI=1S/C18H31N2O7/c1-2-3-5-12-17(22)15(19(24)25)10-7-8-11-16(20(26)27)18(23)13-6-4-9-14-21/h7-8,15-18,22-23H,2-6,9-13H2,1H3/b8-7+. The van der Waals surface area contributed by atoms with Gasteiger partial charge in [0.1, 0.15) is 12.2 Å². The number of hydrogen-bond acceptors (Lipinski definition) is 7. The second kappa shape index (κ2) is 15.2. The number of aliphatic hydroxyl groups excluding tert-OH is 2. The fourth-order valence-electron chi connectivity index (χ4n) is 2.78. The first-order valence-electron chi connectivity index (χ1n) is 9.48. The SMILES string of the molecule is CCCCCC(O)C(C/C=C/CC(C(O)CCCC[C]=O)[N+](=O)[O-])[N+](=O)[O-]. The van der Waals surface area contributed by atoms with Crippen molar-refractivity contribution >= 4 is 6.29 Å². The molecule has 0 fully saturated rings. The van der Waals surface area contributed by atoms with Gasteiger partial charge < -0.3 is 10.2 Å². The van der Waals surface area contributed by atoms with Crippen molar-refractivity contribution in [3.8, 4) is 0 Å². The maximum absolute atomic E-state index is 11.1. The zero-order valence-electron chi connectivity index (χ0n) is 15.9. The average Bonchev–Trinajstić information content (AvgIpc) is 2.61. The highest BCUT2D eigenvalue weighted by Gasteiger charge is 2.29. The third-order valence-electron chi connectivity index (χ3n) is 4.48. The molecule has 0 aliphatic rings. The number of hydrogen-bond donors (Lipinski definition) is 2. The van der Waals surface area contributed by atoms with Crippen LogP contribution in [-0.4, -0.2) is 50.6 Å². The van der Waals surface area contributed by atoms with Crippen LogP contribution in [0.1, 0.15) is 71.1 Å². The summed E-state index contributed by atoms with van der Waals surface area (Å²) in [5.74, 6) is 0. The topological polar surface area (TPSA) is 144 Å². The fourth-order valence-corrected chi connectivity index (χ4v) is 2.78. The first-order chi connectivity index (χ1) is 12.8. The minimum Gasteiger partial charge on any atom is -0.386 e. The Labute approximate surface area is 159 Å². The highest BCUT2D eigenvalue weighted by atomic mass is 16.6. The van der Waals surface area contributed by atoms with E-state index in [0.717, 1.165) is 12.8 Å². The van der Waals surface area contributed by atoms with Crippen molar-refractivity contribution in [3.63, 3.8) is 0 Å². The molecule has 4 atom stereocenters. The summed E-state index contributed by atoms with van der Waals surface area (Å²) < 4.78 is 0. The van der Waals surface area contributed by atoms with Crippen molar-refractivity contribution in [2.24, 2.45) is 0 Å². The van der Waals surface area contributed by atoms with Crippen molar-refractivity contribution in [3.05, 3.63) is 32.4 Å². The Morgan fingerprint density at radius 1 is 0.889 bits per heavy atom. The van der Waals surface area contributed by atoms with Gasteiger partial charge in [0.15, 0.2) is 6.29 Å². The molecule has 0 aliphatic heterocycles. The summed E-state index contributed by atoms with van der Waals surface area (Å²) in [4.78, 5) is 31.3. The van der Waals surface area contributed by atoms with Crippen LogP contribution in [0.4, 0.5) is 0 Å². The van der Waals surface area contributed by atoms with Crippen molar-refractivity contribution < 1.29 is 24.9 Å². The van der Waals surface area contributed by atoms with Crippen LogP contribution < -0.4 is 0 Å². The molecule has 0 rings (SSSR count). The molecule has 0 heterocycles. The lowest BCUT2D eigenvalue weighted by Gasteiger charge is -2.15. The van der Waals surface area contributed by atoms with E-state index in [0.29, 0.717) is 25.7 Å². The zero-order valence-corrected chi connectivity index (χ0v) is 15.9. The fraction of sp³-hybridized carbons (Fsp3) is 0.833. The molecule has 0 amide bonds. The van der Waals surface area contributed by atoms with Gasteiger partial charge in [-0.2, -0.15) is 0 Å². The molecule has 0 aromatic rings. The largest absolute Gasteiger partial charge is 0.386 e. The highest BCUT2D eigenvalue weighted by Crippen LogP contribution is 2.15. The van der Waals surface area contributed by atoms with Gasteiger partial charge in [0.05, 0.1) is 0 Å². The second-order valence-electron chi connectivity index (χ2n) is 6.67. The third-order valence-corrected chi connectivity index (χ3v) is 4.48. The van der Waals surface area contributed by atoms with Gasteiger partial charge in [0.25, 0.3) is 0 Å². The lowest BCUT2D eigenvalue weighted by molar-refractivity contribution is -0.534. The molecule has 0 spiro atoms. The number of unbranched alkanes of at least 4 members (excludes halogenated alkanes) is 4. The van der Waals surface area contributed by atoms with E-state index in [1.807, 2.05) is 6.92 Å². The van der Waals surface area contributed by atoms with Crippen LogP contribution in [0.2, 0.25) is 0 Å². The molecular weight excluding hydrogens is 356 g/mol. The molecule has 27 heavy (non-hydrogen) atoms. The van der Waals surface area contributed by atoms with E-state index in [4.69, 9.17) is 0 Å². The summed E-state index contributed by atoms with van der Waals surface area (Å²) in [6.07, 6.45) is 6.71. The van der Waals surface area contributed by atoms with E-state index < -0.39 is 34.1 Å². The first-order valence-corrected chi connectivity index (χ1v) is 9.48. The normalized spacial score (nSPS) is 16.0. The lowest BCUT2D eigenvalue weighted by atomic mass is 9.99. The van der Waals surface area contributed by atoms with Gasteiger partial charge in [-0.3, -0.25) is 25.0 Å². The molecule has 0 aromatic heterocycles. The molecule has 9 nitrogen and oxygen atoms in total. The molecule has 1 radical (unpaired) electrons. The molecule has 2 N–H and O–H groups in total. The van der Waals surface area contributed by atoms with Gasteiger partial charge in [0.2, 0.25) is 12.1 Å². The smallest absolute Gasteiger partial charge is 0.241 e. The van der Waals surface area contributed by atoms with Crippen molar-refractivity contribution in [2.75, 3.05) is 0 Å². The van der Waals surface area contributed by atoms with Gasteiger partial charge in [-0.1, -0.05) is 44.8 Å². The van der Waals surface area contributed by atoms with Crippen LogP contribution in [0.15, 0.2) is 12.2 Å². The minimum absolute atomic E-state index is 0.0179. The molecule has 155 valence electrons. The molecule has 0 aromatic carbocycles. The number of carbonyl (C=O) groups excluding carboxylic acids is 1. The van der Waals surface area contributed by atoms with Crippen LogP contribution in [0.5, 0.6) is 0 Å². The Balaban J connectivity index is 4.53. The van der Waals surface area contributed by atoms with Crippen molar-refractivity contribution in [1.29, 1.82) is 0 Å². The predicted octanol–water partition coefficient (Wildman–Crippen LogP) is 2.59. The van der Waals surface area contributed by atoms with Gasteiger partial charge in [0, 0.05) is 29.1 Å². The second-order valence-corrected chi connectivity index (χ2v) is 6.67. The minimum atomic E-state index is -1.20. The predicted molar refractivity (Wildman–Crippen MR) is 100 cm³/mol. The summed E-state index contributed by atoms with van der Waals surface area (Å²) in [6.45, 7) is 2.00. The highest BCUT2D eigenvalue weighted by molar-refractivity contribution is 5.50. The van der Waals surface area contributed by atoms with E-state index in [2.05, 4.69) is 0 Å². The summed E-state index contributed by atoms with van der Waals surface area (Å²) in [5.41, 5.74) is 0. The van der Waals surface area contributed by atoms with Gasteiger partial charge in [-0.15, -0.1) is 0 Å². The van der Waals surface area contributed by atoms with Crippen LogP contribution in [0.25, 0.3) is 0 Å². The van der Waals surface area contributed by atoms with E-state index >= 15 is 0 Å². The van der Waals surface area contributed by atoms with Crippen LogP contribution in [0.3, 0.4) is 0 Å². The van der Waals surface area contributed by atoms with Crippen LogP contribution in [0, 0.1) is 20.2 Å². The summed E-state index contributed by atoms with van der Waals surface area (Å²) in [7, 11) is 0. The Morgan fingerprint density at radius 3 is 1.70 bits per heavy atom. The first kappa shape index (κ1) is 25.1.